The van der Waals surface area contributed by atoms with Crippen molar-refractivity contribution in [1.82, 2.24) is 20.3 Å². The van der Waals surface area contributed by atoms with Gasteiger partial charge in [-0.2, -0.15) is 13.2 Å². The standard InChI is InChI=1S/C17H20F3N5O2.ClH/c1-11-2-3-13(15(8-11)27-10-17(18,19)20)22-16(26)14-9-25(24-23-14)12-4-6-21-7-5-12;/h2-3,8-9,12,21H,4-7,10H2,1H3,(H,22,26);1H. The molecule has 7 nitrogen and oxygen atoms in total. The van der Waals surface area contributed by atoms with E-state index in [1.165, 1.54) is 12.1 Å². The van der Waals surface area contributed by atoms with Crippen LogP contribution in [-0.4, -0.2) is 46.8 Å². The monoisotopic (exact) mass is 419 g/mol. The zero-order chi connectivity index (χ0) is 19.4. The van der Waals surface area contributed by atoms with Gasteiger partial charge in [-0.05, 0) is 50.6 Å². The minimum absolute atomic E-state index is 0. The molecule has 1 fully saturated rings. The first-order valence-corrected chi connectivity index (χ1v) is 8.56. The molecule has 0 bridgehead atoms. The number of nitrogens with zero attached hydrogens (tertiary/aromatic N) is 3. The molecule has 0 unspecified atom stereocenters. The van der Waals surface area contributed by atoms with E-state index in [1.807, 2.05) is 0 Å². The molecule has 3 rings (SSSR count). The van der Waals surface area contributed by atoms with E-state index in [4.69, 9.17) is 4.74 Å². The summed E-state index contributed by atoms with van der Waals surface area (Å²) in [6.45, 7) is 2.02. The van der Waals surface area contributed by atoms with Crippen molar-refractivity contribution in [3.8, 4) is 5.75 Å². The van der Waals surface area contributed by atoms with Gasteiger partial charge in [0.15, 0.2) is 12.3 Å². The van der Waals surface area contributed by atoms with Crippen LogP contribution in [0.3, 0.4) is 0 Å². The maximum atomic E-state index is 12.4. The van der Waals surface area contributed by atoms with Gasteiger partial charge in [0.05, 0.1) is 17.9 Å². The van der Waals surface area contributed by atoms with Crippen molar-refractivity contribution >= 4 is 24.0 Å². The van der Waals surface area contributed by atoms with Crippen molar-refractivity contribution in [2.24, 2.45) is 0 Å². The van der Waals surface area contributed by atoms with Gasteiger partial charge in [0, 0.05) is 0 Å². The summed E-state index contributed by atoms with van der Waals surface area (Å²) in [4.78, 5) is 12.4. The van der Waals surface area contributed by atoms with Crippen molar-refractivity contribution in [3.05, 3.63) is 35.7 Å². The van der Waals surface area contributed by atoms with Crippen LogP contribution in [0.4, 0.5) is 18.9 Å². The predicted molar refractivity (Wildman–Crippen MR) is 99.1 cm³/mol. The van der Waals surface area contributed by atoms with E-state index in [2.05, 4.69) is 20.9 Å². The Balaban J connectivity index is 0.00000280. The second-order valence-corrected chi connectivity index (χ2v) is 6.42. The lowest BCUT2D eigenvalue weighted by atomic mass is 10.1. The summed E-state index contributed by atoms with van der Waals surface area (Å²) in [5, 5.41) is 13.7. The lowest BCUT2D eigenvalue weighted by molar-refractivity contribution is -0.153. The molecule has 0 spiro atoms. The van der Waals surface area contributed by atoms with Crippen molar-refractivity contribution in [3.63, 3.8) is 0 Å². The van der Waals surface area contributed by atoms with Gasteiger partial charge >= 0.3 is 6.18 Å². The average molecular weight is 420 g/mol. The zero-order valence-corrected chi connectivity index (χ0v) is 15.9. The van der Waals surface area contributed by atoms with Gasteiger partial charge in [0.1, 0.15) is 5.75 Å². The number of hydrogen-bond donors (Lipinski definition) is 2. The van der Waals surface area contributed by atoms with Gasteiger partial charge in [-0.3, -0.25) is 4.79 Å². The Bertz CT molecular complexity index is 806. The first-order chi connectivity index (χ1) is 12.8. The largest absolute Gasteiger partial charge is 0.482 e. The number of carbonyl (C=O) groups is 1. The number of anilines is 1. The van der Waals surface area contributed by atoms with E-state index in [-0.39, 0.29) is 35.6 Å². The maximum absolute atomic E-state index is 12.4. The van der Waals surface area contributed by atoms with E-state index in [9.17, 15) is 18.0 Å². The Morgan fingerprint density at radius 1 is 1.36 bits per heavy atom. The Morgan fingerprint density at radius 3 is 2.75 bits per heavy atom. The molecule has 1 saturated heterocycles. The van der Waals surface area contributed by atoms with Crippen LogP contribution in [0, 0.1) is 6.92 Å². The summed E-state index contributed by atoms with van der Waals surface area (Å²) < 4.78 is 43.8. The highest BCUT2D eigenvalue weighted by atomic mass is 35.5. The summed E-state index contributed by atoms with van der Waals surface area (Å²) in [5.74, 6) is -0.609. The first kappa shape index (κ1) is 22.0. The van der Waals surface area contributed by atoms with Crippen LogP contribution < -0.4 is 15.4 Å². The summed E-state index contributed by atoms with van der Waals surface area (Å²) in [6, 6.07) is 4.77. The first-order valence-electron chi connectivity index (χ1n) is 8.56. The van der Waals surface area contributed by atoms with Crippen molar-refractivity contribution in [1.29, 1.82) is 0 Å². The third-order valence-corrected chi connectivity index (χ3v) is 4.20. The van der Waals surface area contributed by atoms with Crippen LogP contribution in [0.5, 0.6) is 5.75 Å². The number of carbonyl (C=O) groups excluding carboxylic acids is 1. The Hall–Kier alpha value is -2.33. The van der Waals surface area contributed by atoms with E-state index >= 15 is 0 Å². The minimum atomic E-state index is -4.47. The van der Waals surface area contributed by atoms with Gasteiger partial charge in [0.25, 0.3) is 5.91 Å². The zero-order valence-electron chi connectivity index (χ0n) is 15.1. The molecule has 28 heavy (non-hydrogen) atoms. The highest BCUT2D eigenvalue weighted by Crippen LogP contribution is 2.28. The highest BCUT2D eigenvalue weighted by Gasteiger charge is 2.29. The van der Waals surface area contributed by atoms with Crippen molar-refractivity contribution in [2.45, 2.75) is 32.0 Å². The fraction of sp³-hybridized carbons (Fsp3) is 0.471. The average Bonchev–Trinajstić information content (AvgIpc) is 3.12. The number of aryl methyl sites for hydroxylation is 1. The molecule has 0 radical (unpaired) electrons. The van der Waals surface area contributed by atoms with Crippen LogP contribution >= 0.6 is 12.4 Å². The molecule has 1 amide bonds. The fourth-order valence-electron chi connectivity index (χ4n) is 2.83. The topological polar surface area (TPSA) is 81.1 Å². The number of amides is 1. The smallest absolute Gasteiger partial charge is 0.422 e. The molecule has 0 saturated carbocycles. The van der Waals surface area contributed by atoms with Gasteiger partial charge in [-0.1, -0.05) is 11.3 Å². The fourth-order valence-corrected chi connectivity index (χ4v) is 2.83. The SMILES string of the molecule is Cc1ccc(NC(=O)c2cn(C3CCNCC3)nn2)c(OCC(F)(F)F)c1.Cl. The lowest BCUT2D eigenvalue weighted by Crippen LogP contribution is -2.29. The summed E-state index contributed by atoms with van der Waals surface area (Å²) >= 11 is 0. The van der Waals surface area contributed by atoms with E-state index in [0.29, 0.717) is 5.56 Å². The second kappa shape index (κ2) is 9.24. The van der Waals surface area contributed by atoms with E-state index in [0.717, 1.165) is 25.9 Å². The van der Waals surface area contributed by atoms with Crippen molar-refractivity contribution < 1.29 is 22.7 Å². The summed E-state index contributed by atoms with van der Waals surface area (Å²) in [6.07, 6.45) is -1.14. The molecular weight excluding hydrogens is 399 g/mol. The molecule has 2 aromatic rings. The molecule has 2 N–H and O–H groups in total. The lowest BCUT2D eigenvalue weighted by Gasteiger charge is -2.22. The quantitative estimate of drug-likeness (QED) is 0.778. The number of benzene rings is 1. The third kappa shape index (κ3) is 5.83. The molecule has 2 heterocycles. The van der Waals surface area contributed by atoms with Crippen LogP contribution in [0.1, 0.15) is 34.9 Å². The number of nitrogens with one attached hydrogen (secondary N) is 2. The van der Waals surface area contributed by atoms with E-state index in [1.54, 1.807) is 23.9 Å². The maximum Gasteiger partial charge on any atom is 0.422 e. The number of aromatic nitrogens is 3. The van der Waals surface area contributed by atoms with Gasteiger partial charge in [-0.15, -0.1) is 17.5 Å². The molecule has 1 aromatic carbocycles. The van der Waals surface area contributed by atoms with E-state index < -0.39 is 18.7 Å². The van der Waals surface area contributed by atoms with Gasteiger partial charge in [0.2, 0.25) is 0 Å². The summed E-state index contributed by atoms with van der Waals surface area (Å²) in [5.41, 5.74) is 0.948. The predicted octanol–water partition coefficient (Wildman–Crippen LogP) is 3.13. The number of piperidine rings is 1. The second-order valence-electron chi connectivity index (χ2n) is 6.42. The van der Waals surface area contributed by atoms with Crippen LogP contribution in [0.2, 0.25) is 0 Å². The third-order valence-electron chi connectivity index (χ3n) is 4.20. The molecule has 1 aliphatic rings. The van der Waals surface area contributed by atoms with Crippen LogP contribution in [0.25, 0.3) is 0 Å². The Labute approximate surface area is 166 Å². The normalized spacial score (nSPS) is 15.0. The van der Waals surface area contributed by atoms with Crippen LogP contribution in [-0.2, 0) is 0 Å². The molecular formula is C17H21ClF3N5O2. The van der Waals surface area contributed by atoms with Crippen molar-refractivity contribution in [2.75, 3.05) is 25.0 Å². The summed E-state index contributed by atoms with van der Waals surface area (Å²) in [7, 11) is 0. The van der Waals surface area contributed by atoms with Gasteiger partial charge in [-0.25, -0.2) is 4.68 Å². The number of halogens is 4. The van der Waals surface area contributed by atoms with Crippen LogP contribution in [0.15, 0.2) is 24.4 Å². The number of rotatable bonds is 5. The molecule has 11 heteroatoms. The molecule has 1 aromatic heterocycles. The number of ether oxygens (including phenoxy) is 1. The number of alkyl halides is 3. The highest BCUT2D eigenvalue weighted by molar-refractivity contribution is 6.03. The Kier molecular flexibility index (Phi) is 7.25. The molecule has 0 atom stereocenters. The molecule has 154 valence electrons. The molecule has 0 aliphatic carbocycles. The van der Waals surface area contributed by atoms with Gasteiger partial charge < -0.3 is 15.4 Å². The Morgan fingerprint density at radius 2 is 2.07 bits per heavy atom. The number of hydrogen-bond acceptors (Lipinski definition) is 5. The minimum Gasteiger partial charge on any atom is -0.482 e. The molecule has 1 aliphatic heterocycles.